The first-order valence-corrected chi connectivity index (χ1v) is 8.69. The molecule has 2 bridgehead atoms. The third kappa shape index (κ3) is 4.85. The van der Waals surface area contributed by atoms with E-state index in [0.717, 1.165) is 45.1 Å². The van der Waals surface area contributed by atoms with Gasteiger partial charge in [-0.15, -0.1) is 0 Å². The third-order valence-corrected chi connectivity index (χ3v) is 4.57. The van der Waals surface area contributed by atoms with Crippen molar-refractivity contribution in [2.24, 2.45) is 0 Å². The monoisotopic (exact) mass is 312 g/mol. The van der Waals surface area contributed by atoms with Gasteiger partial charge in [0.1, 0.15) is 5.60 Å². The van der Waals surface area contributed by atoms with Gasteiger partial charge in [0, 0.05) is 18.1 Å². The Labute approximate surface area is 134 Å². The minimum absolute atomic E-state index is 0.146. The molecule has 0 aromatic rings. The largest absolute Gasteiger partial charge is 0.444 e. The molecule has 2 rings (SSSR count). The molecular weight excluding hydrogens is 280 g/mol. The van der Waals surface area contributed by atoms with E-state index in [1.807, 2.05) is 32.6 Å². The Hall–Kier alpha value is -0.810. The Morgan fingerprint density at radius 1 is 1.32 bits per heavy atom. The maximum absolute atomic E-state index is 12.4. The maximum atomic E-state index is 12.4. The highest BCUT2D eigenvalue weighted by atomic mass is 16.6. The Bertz CT molecular complexity index is 365. The molecule has 0 aliphatic carbocycles. The molecule has 0 aromatic carbocycles. The number of aliphatic hydroxyl groups is 1. The van der Waals surface area contributed by atoms with Crippen LogP contribution in [-0.4, -0.2) is 52.5 Å². The average Bonchev–Trinajstić information content (AvgIpc) is 2.64. The third-order valence-electron chi connectivity index (χ3n) is 4.57. The van der Waals surface area contributed by atoms with E-state index < -0.39 is 5.60 Å². The number of hydrogen-bond acceptors (Lipinski definition) is 4. The molecule has 0 aromatic heterocycles. The number of ether oxygens (including phenoxy) is 1. The molecule has 3 atom stereocenters. The van der Waals surface area contributed by atoms with Crippen molar-refractivity contribution >= 4 is 6.09 Å². The summed E-state index contributed by atoms with van der Waals surface area (Å²) in [5, 5.41) is 12.9. The van der Waals surface area contributed by atoms with E-state index in [4.69, 9.17) is 4.74 Å². The number of aliphatic hydroxyl groups excluding tert-OH is 1. The fourth-order valence-corrected chi connectivity index (χ4v) is 3.66. The molecule has 2 saturated heterocycles. The van der Waals surface area contributed by atoms with E-state index in [2.05, 4.69) is 5.32 Å². The van der Waals surface area contributed by atoms with Crippen LogP contribution in [0.5, 0.6) is 0 Å². The van der Waals surface area contributed by atoms with E-state index in [0.29, 0.717) is 18.1 Å². The molecular formula is C17H32N2O3. The lowest BCUT2D eigenvalue weighted by atomic mass is 9.97. The first-order chi connectivity index (χ1) is 10.3. The van der Waals surface area contributed by atoms with Crippen LogP contribution in [0.2, 0.25) is 0 Å². The molecule has 2 fully saturated rings. The van der Waals surface area contributed by atoms with E-state index in [1.165, 1.54) is 0 Å². The van der Waals surface area contributed by atoms with Gasteiger partial charge in [0.25, 0.3) is 0 Å². The topological polar surface area (TPSA) is 61.8 Å². The van der Waals surface area contributed by atoms with Crippen LogP contribution in [0.1, 0.15) is 66.2 Å². The Morgan fingerprint density at radius 3 is 2.41 bits per heavy atom. The van der Waals surface area contributed by atoms with Crippen molar-refractivity contribution in [2.45, 2.75) is 96.1 Å². The highest BCUT2D eigenvalue weighted by Crippen LogP contribution is 2.36. The minimum Gasteiger partial charge on any atom is -0.444 e. The molecule has 0 radical (unpaired) electrons. The standard InChI is InChI=1S/C17H32N2O3/c1-12(20)6-5-9-18-13-10-14-7-8-15(11-13)19(14)16(21)22-17(2,3)4/h12-15,18,20H,5-11H2,1-4H3. The van der Waals surface area contributed by atoms with Gasteiger partial charge in [-0.25, -0.2) is 4.79 Å². The maximum Gasteiger partial charge on any atom is 0.410 e. The Kier molecular flexibility index (Phi) is 5.72. The van der Waals surface area contributed by atoms with E-state index >= 15 is 0 Å². The number of nitrogens with one attached hydrogen (secondary N) is 1. The fourth-order valence-electron chi connectivity index (χ4n) is 3.66. The van der Waals surface area contributed by atoms with Gasteiger partial charge in [-0.05, 0) is 72.8 Å². The number of piperidine rings is 1. The number of rotatable bonds is 5. The SMILES string of the molecule is CC(O)CCCNC1CC2CCC(C1)N2C(=O)OC(C)(C)C. The van der Waals surface area contributed by atoms with Crippen molar-refractivity contribution in [3.63, 3.8) is 0 Å². The first-order valence-electron chi connectivity index (χ1n) is 8.69. The van der Waals surface area contributed by atoms with Gasteiger partial charge in [0.05, 0.1) is 6.10 Å². The fraction of sp³-hybridized carbons (Fsp3) is 0.941. The summed E-state index contributed by atoms with van der Waals surface area (Å²) < 4.78 is 5.56. The predicted molar refractivity (Wildman–Crippen MR) is 86.8 cm³/mol. The number of amides is 1. The molecule has 0 spiro atoms. The number of nitrogens with zero attached hydrogens (tertiary/aromatic N) is 1. The molecule has 5 nitrogen and oxygen atoms in total. The zero-order valence-corrected chi connectivity index (χ0v) is 14.5. The van der Waals surface area contributed by atoms with Gasteiger partial charge in [-0.2, -0.15) is 0 Å². The first kappa shape index (κ1) is 17.5. The van der Waals surface area contributed by atoms with Crippen LogP contribution >= 0.6 is 0 Å². The van der Waals surface area contributed by atoms with E-state index in [1.54, 1.807) is 0 Å². The van der Waals surface area contributed by atoms with Gasteiger partial charge in [0.2, 0.25) is 0 Å². The number of carbonyl (C=O) groups excluding carboxylic acids is 1. The second-order valence-electron chi connectivity index (χ2n) is 7.89. The van der Waals surface area contributed by atoms with Crippen LogP contribution in [0.4, 0.5) is 4.79 Å². The van der Waals surface area contributed by atoms with Gasteiger partial charge in [-0.3, -0.25) is 0 Å². The number of carbonyl (C=O) groups is 1. The van der Waals surface area contributed by atoms with Crippen LogP contribution in [0.15, 0.2) is 0 Å². The summed E-state index contributed by atoms with van der Waals surface area (Å²) >= 11 is 0. The molecule has 2 aliphatic heterocycles. The van der Waals surface area contributed by atoms with Crippen molar-refractivity contribution in [3.05, 3.63) is 0 Å². The van der Waals surface area contributed by atoms with Crippen molar-refractivity contribution in [1.82, 2.24) is 10.2 Å². The molecule has 128 valence electrons. The predicted octanol–water partition coefficient (Wildman–Crippen LogP) is 2.67. The Morgan fingerprint density at radius 2 is 1.91 bits per heavy atom. The van der Waals surface area contributed by atoms with E-state index in [9.17, 15) is 9.90 Å². The lowest BCUT2D eigenvalue weighted by Crippen LogP contribution is -2.52. The lowest BCUT2D eigenvalue weighted by Gasteiger charge is -2.39. The summed E-state index contributed by atoms with van der Waals surface area (Å²) in [6.45, 7) is 8.54. The quantitative estimate of drug-likeness (QED) is 0.766. The average molecular weight is 312 g/mol. The number of hydrogen-bond donors (Lipinski definition) is 2. The number of fused-ring (bicyclic) bond motifs is 2. The van der Waals surface area contributed by atoms with Crippen molar-refractivity contribution in [2.75, 3.05) is 6.54 Å². The summed E-state index contributed by atoms with van der Waals surface area (Å²) in [4.78, 5) is 14.4. The molecule has 22 heavy (non-hydrogen) atoms. The molecule has 2 heterocycles. The zero-order chi connectivity index (χ0) is 16.3. The van der Waals surface area contributed by atoms with Gasteiger partial charge < -0.3 is 20.1 Å². The normalized spacial score (nSPS) is 29.5. The van der Waals surface area contributed by atoms with Crippen molar-refractivity contribution < 1.29 is 14.6 Å². The van der Waals surface area contributed by atoms with Crippen LogP contribution in [0, 0.1) is 0 Å². The molecule has 2 aliphatic rings. The molecule has 0 saturated carbocycles. The molecule has 1 amide bonds. The van der Waals surface area contributed by atoms with Gasteiger partial charge >= 0.3 is 6.09 Å². The van der Waals surface area contributed by atoms with Crippen LogP contribution in [0.3, 0.4) is 0 Å². The zero-order valence-electron chi connectivity index (χ0n) is 14.5. The highest BCUT2D eigenvalue weighted by Gasteiger charge is 2.44. The summed E-state index contributed by atoms with van der Waals surface area (Å²) in [5.41, 5.74) is -0.424. The summed E-state index contributed by atoms with van der Waals surface area (Å²) in [6, 6.07) is 1.14. The Balaban J connectivity index is 1.80. The molecule has 2 N–H and O–H groups in total. The highest BCUT2D eigenvalue weighted by molar-refractivity contribution is 5.69. The minimum atomic E-state index is -0.424. The van der Waals surface area contributed by atoms with Crippen molar-refractivity contribution in [1.29, 1.82) is 0 Å². The van der Waals surface area contributed by atoms with Gasteiger partial charge in [0.15, 0.2) is 0 Å². The van der Waals surface area contributed by atoms with E-state index in [-0.39, 0.29) is 12.2 Å². The van der Waals surface area contributed by atoms with Crippen LogP contribution in [0.25, 0.3) is 0 Å². The summed E-state index contributed by atoms with van der Waals surface area (Å²) in [7, 11) is 0. The summed E-state index contributed by atoms with van der Waals surface area (Å²) in [6.07, 6.45) is 5.70. The van der Waals surface area contributed by atoms with Crippen molar-refractivity contribution in [3.8, 4) is 0 Å². The van der Waals surface area contributed by atoms with Crippen LogP contribution < -0.4 is 5.32 Å². The lowest BCUT2D eigenvalue weighted by molar-refractivity contribution is 0.00469. The molecule has 5 heteroatoms. The van der Waals surface area contributed by atoms with Crippen LogP contribution in [-0.2, 0) is 4.74 Å². The smallest absolute Gasteiger partial charge is 0.410 e. The second-order valence-corrected chi connectivity index (χ2v) is 7.89. The second kappa shape index (κ2) is 7.18. The van der Waals surface area contributed by atoms with Gasteiger partial charge in [-0.1, -0.05) is 0 Å². The summed E-state index contributed by atoms with van der Waals surface area (Å²) in [5.74, 6) is 0. The molecule has 3 unspecified atom stereocenters.